The molecule has 0 atom stereocenters. The smallest absolute Gasteiger partial charge is 1.00 e. The Hall–Kier alpha value is -0.0438. The van der Waals surface area contributed by atoms with Crippen LogP contribution >= 0.6 is 15.9 Å². The van der Waals surface area contributed by atoms with Crippen LogP contribution in [0.2, 0.25) is 0 Å². The molecule has 0 aliphatic carbocycles. The SMILES string of the molecule is C=C(CBr)CCOC(C)=O.C=C(CCC)CCOC(C)=O.[CH2-]C.[Cl-].[Mg+2]. The van der Waals surface area contributed by atoms with E-state index in [0.717, 1.165) is 42.2 Å². The first-order valence-corrected chi connectivity index (χ1v) is 8.82. The van der Waals surface area contributed by atoms with E-state index in [1.165, 1.54) is 13.8 Å². The van der Waals surface area contributed by atoms with E-state index < -0.39 is 0 Å². The molecule has 0 bridgehead atoms. The molecule has 0 aromatic rings. The third-order valence-corrected chi connectivity index (χ3v) is 3.11. The molecule has 0 amide bonds. The average Bonchev–Trinajstić information content (AvgIpc) is 2.49. The van der Waals surface area contributed by atoms with Crippen molar-refractivity contribution in [3.63, 3.8) is 0 Å². The first-order chi connectivity index (χ1) is 10.8. The van der Waals surface area contributed by atoms with Gasteiger partial charge in [0.05, 0.1) is 13.2 Å². The van der Waals surface area contributed by atoms with E-state index in [4.69, 9.17) is 9.47 Å². The van der Waals surface area contributed by atoms with Crippen molar-refractivity contribution < 1.29 is 31.5 Å². The van der Waals surface area contributed by atoms with Crippen molar-refractivity contribution in [1.82, 2.24) is 0 Å². The van der Waals surface area contributed by atoms with Crippen LogP contribution in [0.4, 0.5) is 0 Å². The van der Waals surface area contributed by atoms with Crippen molar-refractivity contribution in [2.45, 2.75) is 53.4 Å². The van der Waals surface area contributed by atoms with Gasteiger partial charge in [-0.3, -0.25) is 9.59 Å². The van der Waals surface area contributed by atoms with Crippen LogP contribution in [0.5, 0.6) is 0 Å². The minimum Gasteiger partial charge on any atom is -1.00 e. The van der Waals surface area contributed by atoms with Gasteiger partial charge in [0, 0.05) is 32.0 Å². The molecule has 0 spiro atoms. The molecule has 0 unspecified atom stereocenters. The van der Waals surface area contributed by atoms with Gasteiger partial charge in [-0.05, 0) is 6.42 Å². The van der Waals surface area contributed by atoms with Crippen molar-refractivity contribution in [2.24, 2.45) is 0 Å². The number of halogens is 2. The molecule has 0 heterocycles. The number of esters is 2. The van der Waals surface area contributed by atoms with Crippen LogP contribution in [-0.2, 0) is 19.1 Å². The zero-order chi connectivity index (χ0) is 18.7. The molecule has 0 saturated carbocycles. The second kappa shape index (κ2) is 28.7. The van der Waals surface area contributed by atoms with Crippen molar-refractivity contribution in [1.29, 1.82) is 0 Å². The molecule has 0 aromatic heterocycles. The maximum atomic E-state index is 10.3. The molecular formula is C18H32BrClMgO4. The van der Waals surface area contributed by atoms with Gasteiger partial charge in [-0.1, -0.05) is 53.6 Å². The first kappa shape index (κ1) is 36.0. The summed E-state index contributed by atoms with van der Waals surface area (Å²) in [5.41, 5.74) is 2.20. The average molecular weight is 452 g/mol. The van der Waals surface area contributed by atoms with Gasteiger partial charge < -0.3 is 28.8 Å². The topological polar surface area (TPSA) is 52.6 Å². The standard InChI is InChI=1S/C9H16O2.C7H11BrO2.C2H5.ClH.Mg/c1-4-5-8(2)6-7-11-9(3)10;1-6(5-8)3-4-10-7(2)9;1-2;;/h2,4-7H2,1,3H3;1,3-5H2,2H3;1H2,2H3;1H;/q;;-1;;+2/p-1. The molecule has 144 valence electrons. The summed E-state index contributed by atoms with van der Waals surface area (Å²) in [6.45, 7) is 18.4. The van der Waals surface area contributed by atoms with Gasteiger partial charge in [0.25, 0.3) is 0 Å². The van der Waals surface area contributed by atoms with Crippen LogP contribution in [0.25, 0.3) is 0 Å². The number of ether oxygens (including phenoxy) is 2. The van der Waals surface area contributed by atoms with Gasteiger partial charge >= 0.3 is 35.0 Å². The number of hydrogen-bond acceptors (Lipinski definition) is 4. The monoisotopic (exact) mass is 450 g/mol. The number of alkyl halides is 1. The Morgan fingerprint density at radius 1 is 0.920 bits per heavy atom. The summed E-state index contributed by atoms with van der Waals surface area (Å²) in [5.74, 6) is -0.448. The molecule has 0 aliphatic heterocycles. The molecule has 4 nitrogen and oxygen atoms in total. The fourth-order valence-corrected chi connectivity index (χ4v) is 1.50. The van der Waals surface area contributed by atoms with E-state index in [2.05, 4.69) is 42.9 Å². The number of hydrogen-bond donors (Lipinski definition) is 0. The summed E-state index contributed by atoms with van der Waals surface area (Å²) < 4.78 is 9.45. The van der Waals surface area contributed by atoms with Crippen LogP contribution in [0.1, 0.15) is 53.4 Å². The van der Waals surface area contributed by atoms with Crippen molar-refractivity contribution in [3.8, 4) is 0 Å². The van der Waals surface area contributed by atoms with E-state index in [1.54, 1.807) is 6.92 Å². The third-order valence-electron chi connectivity index (χ3n) is 2.31. The van der Waals surface area contributed by atoms with Crippen molar-refractivity contribution >= 4 is 50.9 Å². The Labute approximate surface area is 184 Å². The largest absolute Gasteiger partial charge is 2.00 e. The van der Waals surface area contributed by atoms with Gasteiger partial charge in [-0.2, -0.15) is 6.92 Å². The summed E-state index contributed by atoms with van der Waals surface area (Å²) >= 11 is 3.24. The Morgan fingerprint density at radius 2 is 1.28 bits per heavy atom. The van der Waals surface area contributed by atoms with Gasteiger partial charge in [0.1, 0.15) is 0 Å². The number of rotatable bonds is 9. The number of carbonyl (C=O) groups excluding carboxylic acids is 2. The molecule has 7 heteroatoms. The summed E-state index contributed by atoms with van der Waals surface area (Å²) in [7, 11) is 0. The van der Waals surface area contributed by atoms with Crippen LogP contribution in [0, 0.1) is 6.92 Å². The summed E-state index contributed by atoms with van der Waals surface area (Å²) in [4.78, 5) is 20.6. The van der Waals surface area contributed by atoms with E-state index in [1.807, 2.05) is 0 Å². The predicted molar refractivity (Wildman–Crippen MR) is 106 cm³/mol. The van der Waals surface area contributed by atoms with Crippen LogP contribution in [0.15, 0.2) is 24.3 Å². The summed E-state index contributed by atoms with van der Waals surface area (Å²) in [6, 6.07) is 0. The molecule has 0 aromatic carbocycles. The van der Waals surface area contributed by atoms with Crippen LogP contribution in [-0.4, -0.2) is 53.5 Å². The molecule has 0 fully saturated rings. The quantitative estimate of drug-likeness (QED) is 0.176. The van der Waals surface area contributed by atoms with Crippen molar-refractivity contribution in [3.05, 3.63) is 31.2 Å². The second-order valence-corrected chi connectivity index (χ2v) is 5.12. The van der Waals surface area contributed by atoms with E-state index >= 15 is 0 Å². The zero-order valence-electron chi connectivity index (χ0n) is 16.2. The summed E-state index contributed by atoms with van der Waals surface area (Å²) in [6.07, 6.45) is 3.68. The molecule has 0 saturated heterocycles. The second-order valence-electron chi connectivity index (χ2n) is 4.56. The molecule has 25 heavy (non-hydrogen) atoms. The Kier molecular flexibility index (Phi) is 41.4. The third kappa shape index (κ3) is 40.2. The fourth-order valence-electron chi connectivity index (χ4n) is 1.22. The molecule has 0 N–H and O–H groups in total. The Balaban J connectivity index is -0.0000000905. The molecule has 0 radical (unpaired) electrons. The van der Waals surface area contributed by atoms with Gasteiger partial charge in [-0.15, -0.1) is 0 Å². The molecular weight excluding hydrogens is 420 g/mol. The fraction of sp³-hybridized carbons (Fsp3) is 0.611. The normalized spacial score (nSPS) is 7.92. The summed E-state index contributed by atoms with van der Waals surface area (Å²) in [5, 5.41) is 0.772. The van der Waals surface area contributed by atoms with Gasteiger partial charge in [0.2, 0.25) is 0 Å². The minimum atomic E-state index is -0.234. The van der Waals surface area contributed by atoms with Gasteiger partial charge in [0.15, 0.2) is 0 Å². The van der Waals surface area contributed by atoms with E-state index in [0.29, 0.717) is 13.2 Å². The number of carbonyl (C=O) groups is 2. The van der Waals surface area contributed by atoms with E-state index in [9.17, 15) is 9.59 Å². The maximum Gasteiger partial charge on any atom is 2.00 e. The maximum absolute atomic E-state index is 10.3. The zero-order valence-corrected chi connectivity index (χ0v) is 19.9. The van der Waals surface area contributed by atoms with Gasteiger partial charge in [-0.25, -0.2) is 0 Å². The molecule has 0 rings (SSSR count). The predicted octanol–water partition coefficient (Wildman–Crippen LogP) is 1.65. The Bertz CT molecular complexity index is 350. The minimum absolute atomic E-state index is 0. The Morgan fingerprint density at radius 3 is 1.56 bits per heavy atom. The van der Waals surface area contributed by atoms with Crippen LogP contribution in [0.3, 0.4) is 0 Å². The van der Waals surface area contributed by atoms with Crippen LogP contribution < -0.4 is 12.4 Å². The first-order valence-electron chi connectivity index (χ1n) is 7.70. The van der Waals surface area contributed by atoms with E-state index in [-0.39, 0.29) is 47.4 Å². The molecule has 0 aliphatic rings. The van der Waals surface area contributed by atoms with Crippen molar-refractivity contribution in [2.75, 3.05) is 18.5 Å².